The van der Waals surface area contributed by atoms with E-state index in [1.807, 2.05) is 13.0 Å². The highest BCUT2D eigenvalue weighted by Crippen LogP contribution is 2.29. The standard InChI is InChI=1S/C22H21F3N4O2/c1-14(12-29-11-10-15-4-2-3-5-18(15)13-29)26-20(30)17-8-6-16(7-9-17)19-27-21(31-28-19)22(23,24)25/h2-9,14H,10-13H2,1H3,(H,26,30)/t14-/m1/s1. The van der Waals surface area contributed by atoms with Crippen molar-refractivity contribution in [1.29, 1.82) is 0 Å². The Balaban J connectivity index is 1.34. The van der Waals surface area contributed by atoms with Gasteiger partial charge in [-0.3, -0.25) is 9.69 Å². The first-order chi connectivity index (χ1) is 14.8. The van der Waals surface area contributed by atoms with Crippen LogP contribution in [0, 0.1) is 0 Å². The predicted octanol–water partition coefficient (Wildman–Crippen LogP) is 3.93. The number of carbonyl (C=O) groups is 1. The van der Waals surface area contributed by atoms with Gasteiger partial charge in [0.15, 0.2) is 0 Å². The molecule has 1 atom stereocenters. The van der Waals surface area contributed by atoms with Gasteiger partial charge in [-0.25, -0.2) is 0 Å². The first-order valence-corrected chi connectivity index (χ1v) is 9.91. The molecule has 162 valence electrons. The van der Waals surface area contributed by atoms with Crippen LogP contribution in [0.25, 0.3) is 11.4 Å². The van der Waals surface area contributed by atoms with E-state index in [4.69, 9.17) is 0 Å². The molecule has 1 N–H and O–H groups in total. The van der Waals surface area contributed by atoms with E-state index in [1.54, 1.807) is 0 Å². The van der Waals surface area contributed by atoms with Gasteiger partial charge in [0.25, 0.3) is 5.91 Å². The number of aromatic nitrogens is 2. The lowest BCUT2D eigenvalue weighted by Gasteiger charge is -2.31. The summed E-state index contributed by atoms with van der Waals surface area (Å²) in [5, 5.41) is 6.32. The van der Waals surface area contributed by atoms with Crippen LogP contribution >= 0.6 is 0 Å². The number of rotatable bonds is 5. The van der Waals surface area contributed by atoms with E-state index < -0.39 is 12.1 Å². The molecule has 3 aromatic rings. The van der Waals surface area contributed by atoms with Crippen LogP contribution in [0.2, 0.25) is 0 Å². The number of carbonyl (C=O) groups excluding carboxylic acids is 1. The Bertz CT molecular complexity index is 1060. The fourth-order valence-electron chi connectivity index (χ4n) is 3.68. The molecule has 0 saturated heterocycles. The molecule has 1 aromatic heterocycles. The Morgan fingerprint density at radius 3 is 2.55 bits per heavy atom. The first kappa shape index (κ1) is 21.0. The molecule has 9 heteroatoms. The molecule has 0 fully saturated rings. The Labute approximate surface area is 177 Å². The van der Waals surface area contributed by atoms with E-state index in [0.29, 0.717) is 11.1 Å². The molecule has 0 bridgehead atoms. The van der Waals surface area contributed by atoms with Crippen LogP contribution in [0.4, 0.5) is 13.2 Å². The van der Waals surface area contributed by atoms with E-state index in [-0.39, 0.29) is 17.8 Å². The number of nitrogens with one attached hydrogen (secondary N) is 1. The highest BCUT2D eigenvalue weighted by Gasteiger charge is 2.38. The van der Waals surface area contributed by atoms with Gasteiger partial charge in [-0.1, -0.05) is 41.6 Å². The summed E-state index contributed by atoms with van der Waals surface area (Å²) in [5.74, 6) is -1.84. The fourth-order valence-corrected chi connectivity index (χ4v) is 3.68. The zero-order chi connectivity index (χ0) is 22.0. The fraction of sp³-hybridized carbons (Fsp3) is 0.318. The number of hydrogen-bond donors (Lipinski definition) is 1. The van der Waals surface area contributed by atoms with Crippen LogP contribution in [-0.4, -0.2) is 40.1 Å². The van der Waals surface area contributed by atoms with Crippen LogP contribution in [0.1, 0.15) is 34.3 Å². The molecule has 2 aromatic carbocycles. The average molecular weight is 430 g/mol. The highest BCUT2D eigenvalue weighted by molar-refractivity contribution is 5.94. The van der Waals surface area contributed by atoms with Crippen molar-refractivity contribution in [2.24, 2.45) is 0 Å². The van der Waals surface area contributed by atoms with E-state index in [0.717, 1.165) is 26.1 Å². The molecule has 1 aliphatic rings. The van der Waals surface area contributed by atoms with Crippen molar-refractivity contribution in [2.45, 2.75) is 32.1 Å². The molecule has 0 unspecified atom stereocenters. The van der Waals surface area contributed by atoms with Gasteiger partial charge in [-0.2, -0.15) is 18.2 Å². The highest BCUT2D eigenvalue weighted by atomic mass is 19.4. The van der Waals surface area contributed by atoms with Crippen molar-refractivity contribution in [2.75, 3.05) is 13.1 Å². The second kappa shape index (κ2) is 8.50. The number of hydrogen-bond acceptors (Lipinski definition) is 5. The van der Waals surface area contributed by atoms with Gasteiger partial charge >= 0.3 is 12.1 Å². The van der Waals surface area contributed by atoms with Crippen molar-refractivity contribution in [3.05, 3.63) is 71.1 Å². The SMILES string of the molecule is C[C@H](CN1CCc2ccccc2C1)NC(=O)c1ccc(-c2noc(C(F)(F)F)n2)cc1. The molecule has 1 aliphatic heterocycles. The average Bonchev–Trinajstić information content (AvgIpc) is 3.24. The van der Waals surface area contributed by atoms with E-state index in [1.165, 1.54) is 35.4 Å². The summed E-state index contributed by atoms with van der Waals surface area (Å²) in [6, 6.07) is 14.3. The topological polar surface area (TPSA) is 71.3 Å². The lowest BCUT2D eigenvalue weighted by molar-refractivity contribution is -0.159. The van der Waals surface area contributed by atoms with Gasteiger partial charge in [0.05, 0.1) is 0 Å². The van der Waals surface area contributed by atoms with Gasteiger partial charge in [0, 0.05) is 36.8 Å². The van der Waals surface area contributed by atoms with E-state index in [2.05, 4.69) is 43.1 Å². The Kier molecular flexibility index (Phi) is 5.77. The van der Waals surface area contributed by atoms with Crippen molar-refractivity contribution in [3.63, 3.8) is 0 Å². The number of nitrogens with zero attached hydrogens (tertiary/aromatic N) is 3. The van der Waals surface area contributed by atoms with Crippen molar-refractivity contribution < 1.29 is 22.5 Å². The zero-order valence-corrected chi connectivity index (χ0v) is 16.8. The maximum atomic E-state index is 12.6. The first-order valence-electron chi connectivity index (χ1n) is 9.91. The molecule has 6 nitrogen and oxygen atoms in total. The normalized spacial score (nSPS) is 15.4. The number of alkyl halides is 3. The quantitative estimate of drug-likeness (QED) is 0.664. The minimum Gasteiger partial charge on any atom is -0.348 e. The largest absolute Gasteiger partial charge is 0.471 e. The monoisotopic (exact) mass is 430 g/mol. The summed E-state index contributed by atoms with van der Waals surface area (Å²) in [6.45, 7) is 4.47. The zero-order valence-electron chi connectivity index (χ0n) is 16.8. The van der Waals surface area contributed by atoms with E-state index >= 15 is 0 Å². The number of benzene rings is 2. The molecule has 1 amide bonds. The minimum absolute atomic E-state index is 0.0658. The third kappa shape index (κ3) is 4.93. The third-order valence-electron chi connectivity index (χ3n) is 5.19. The van der Waals surface area contributed by atoms with Crippen LogP contribution in [0.3, 0.4) is 0 Å². The Hall–Kier alpha value is -3.20. The Morgan fingerprint density at radius 2 is 1.87 bits per heavy atom. The van der Waals surface area contributed by atoms with Gasteiger partial charge < -0.3 is 9.84 Å². The van der Waals surface area contributed by atoms with Gasteiger partial charge in [-0.05, 0) is 36.6 Å². The summed E-state index contributed by atoms with van der Waals surface area (Å²) in [7, 11) is 0. The van der Waals surface area contributed by atoms with Gasteiger partial charge in [-0.15, -0.1) is 0 Å². The number of halogens is 3. The van der Waals surface area contributed by atoms with Gasteiger partial charge in [0.1, 0.15) is 0 Å². The molecular formula is C22H21F3N4O2. The predicted molar refractivity (Wildman–Crippen MR) is 107 cm³/mol. The summed E-state index contributed by atoms with van der Waals surface area (Å²) in [6.07, 6.45) is -3.71. The molecule has 0 spiro atoms. The van der Waals surface area contributed by atoms with Crippen LogP contribution in [0.5, 0.6) is 0 Å². The molecule has 2 heterocycles. The summed E-state index contributed by atoms with van der Waals surface area (Å²) in [4.78, 5) is 18.2. The summed E-state index contributed by atoms with van der Waals surface area (Å²) < 4.78 is 42.0. The Morgan fingerprint density at radius 1 is 1.16 bits per heavy atom. The lowest BCUT2D eigenvalue weighted by atomic mass is 9.99. The minimum atomic E-state index is -4.70. The smallest absolute Gasteiger partial charge is 0.348 e. The molecule has 4 rings (SSSR count). The van der Waals surface area contributed by atoms with Crippen molar-refractivity contribution in [1.82, 2.24) is 20.4 Å². The lowest BCUT2D eigenvalue weighted by Crippen LogP contribution is -2.43. The van der Waals surface area contributed by atoms with Crippen LogP contribution in [-0.2, 0) is 19.1 Å². The number of fused-ring (bicyclic) bond motifs is 1. The molecule has 0 aliphatic carbocycles. The molecule has 31 heavy (non-hydrogen) atoms. The van der Waals surface area contributed by atoms with Crippen molar-refractivity contribution >= 4 is 5.91 Å². The molecule has 0 saturated carbocycles. The molecule has 0 radical (unpaired) electrons. The summed E-state index contributed by atoms with van der Waals surface area (Å²) in [5.41, 5.74) is 3.42. The third-order valence-corrected chi connectivity index (χ3v) is 5.19. The maximum absolute atomic E-state index is 12.6. The summed E-state index contributed by atoms with van der Waals surface area (Å²) >= 11 is 0. The maximum Gasteiger partial charge on any atom is 0.471 e. The van der Waals surface area contributed by atoms with Gasteiger partial charge in [0.2, 0.25) is 5.82 Å². The second-order valence-corrected chi connectivity index (χ2v) is 7.63. The van der Waals surface area contributed by atoms with Crippen LogP contribution in [0.15, 0.2) is 53.1 Å². The number of amides is 1. The van der Waals surface area contributed by atoms with Crippen molar-refractivity contribution in [3.8, 4) is 11.4 Å². The van der Waals surface area contributed by atoms with Crippen LogP contribution < -0.4 is 5.32 Å². The van der Waals surface area contributed by atoms with E-state index in [9.17, 15) is 18.0 Å². The molecular weight excluding hydrogens is 409 g/mol. The second-order valence-electron chi connectivity index (χ2n) is 7.63.